The summed E-state index contributed by atoms with van der Waals surface area (Å²) in [7, 11) is 0. The molecule has 0 heterocycles. The molecule has 1 aromatic rings. The summed E-state index contributed by atoms with van der Waals surface area (Å²) < 4.78 is 0. The topological polar surface area (TPSA) is 49.3 Å². The lowest BCUT2D eigenvalue weighted by molar-refractivity contribution is -0.127. The summed E-state index contributed by atoms with van der Waals surface area (Å²) in [6.45, 7) is 0.0661. The first kappa shape index (κ1) is 15.2. The van der Waals surface area contributed by atoms with Crippen LogP contribution >= 0.6 is 0 Å². The molecule has 3 aliphatic carbocycles. The lowest BCUT2D eigenvalue weighted by Gasteiger charge is -2.32. The minimum Gasteiger partial charge on any atom is -0.394 e. The van der Waals surface area contributed by atoms with E-state index in [-0.39, 0.29) is 28.9 Å². The average molecular weight is 313 g/mol. The normalized spacial score (nSPS) is 30.5. The lowest BCUT2D eigenvalue weighted by atomic mass is 9.83. The molecule has 3 nitrogen and oxygen atoms in total. The molecule has 1 unspecified atom stereocenters. The molecular weight excluding hydrogens is 286 g/mol. The van der Waals surface area contributed by atoms with Crippen molar-refractivity contribution in [1.29, 1.82) is 0 Å². The number of aliphatic hydroxyl groups excluding tert-OH is 1. The van der Waals surface area contributed by atoms with Gasteiger partial charge in [-0.1, -0.05) is 56.0 Å². The van der Waals surface area contributed by atoms with Gasteiger partial charge in [0, 0.05) is 0 Å². The highest BCUT2D eigenvalue weighted by Gasteiger charge is 2.72. The SMILES string of the molecule is O=C(NC1(CO)CCCC1)C1(c2ccccc2)CC12CCCC2. The van der Waals surface area contributed by atoms with E-state index in [0.717, 1.165) is 32.1 Å². The minimum absolute atomic E-state index is 0.0661. The molecule has 3 aliphatic rings. The van der Waals surface area contributed by atoms with Gasteiger partial charge >= 0.3 is 0 Å². The summed E-state index contributed by atoms with van der Waals surface area (Å²) in [4.78, 5) is 13.4. The van der Waals surface area contributed by atoms with Crippen LogP contribution < -0.4 is 5.32 Å². The Morgan fingerprint density at radius 2 is 1.61 bits per heavy atom. The Bertz CT molecular complexity index is 585. The van der Waals surface area contributed by atoms with E-state index >= 15 is 0 Å². The van der Waals surface area contributed by atoms with Crippen molar-refractivity contribution in [3.8, 4) is 0 Å². The highest BCUT2D eigenvalue weighted by atomic mass is 16.3. The Morgan fingerprint density at radius 1 is 1.00 bits per heavy atom. The fourth-order valence-corrected chi connectivity index (χ4v) is 5.42. The molecule has 0 aromatic heterocycles. The molecule has 0 saturated heterocycles. The number of carbonyl (C=O) groups excluding carboxylic acids is 1. The molecule has 3 heteroatoms. The number of hydrogen-bond acceptors (Lipinski definition) is 2. The third-order valence-corrected chi connectivity index (χ3v) is 6.84. The van der Waals surface area contributed by atoms with Gasteiger partial charge in [-0.05, 0) is 43.1 Å². The monoisotopic (exact) mass is 313 g/mol. The van der Waals surface area contributed by atoms with Crippen molar-refractivity contribution in [2.24, 2.45) is 5.41 Å². The summed E-state index contributed by atoms with van der Waals surface area (Å²) in [5.74, 6) is 0.168. The summed E-state index contributed by atoms with van der Waals surface area (Å²) in [6, 6.07) is 10.3. The third kappa shape index (κ3) is 2.16. The second-order valence-electron chi connectivity index (χ2n) is 8.04. The van der Waals surface area contributed by atoms with Gasteiger partial charge in [0.1, 0.15) is 0 Å². The molecule has 1 spiro atoms. The van der Waals surface area contributed by atoms with Crippen LogP contribution in [-0.4, -0.2) is 23.2 Å². The van der Waals surface area contributed by atoms with E-state index in [1.165, 1.54) is 31.2 Å². The Kier molecular flexibility index (Phi) is 3.53. The van der Waals surface area contributed by atoms with E-state index in [9.17, 15) is 9.90 Å². The first-order chi connectivity index (χ1) is 11.2. The summed E-state index contributed by atoms with van der Waals surface area (Å²) in [5.41, 5.74) is 0.621. The standard InChI is InChI=1S/C20H27NO2/c22-15-19(12-6-7-13-19)21-17(23)20(16-8-2-1-3-9-16)14-18(20)10-4-5-11-18/h1-3,8-9,22H,4-7,10-15H2,(H,21,23). The molecule has 4 rings (SSSR count). The van der Waals surface area contributed by atoms with Crippen LogP contribution in [0.15, 0.2) is 30.3 Å². The maximum absolute atomic E-state index is 13.4. The second kappa shape index (κ2) is 5.34. The summed E-state index contributed by atoms with van der Waals surface area (Å²) in [5, 5.41) is 13.2. The zero-order chi connectivity index (χ0) is 16.0. The Balaban J connectivity index is 1.66. The third-order valence-electron chi connectivity index (χ3n) is 6.84. The zero-order valence-electron chi connectivity index (χ0n) is 13.8. The molecule has 1 atom stereocenters. The van der Waals surface area contributed by atoms with Crippen LogP contribution in [0.25, 0.3) is 0 Å². The second-order valence-corrected chi connectivity index (χ2v) is 8.04. The number of amides is 1. The highest BCUT2D eigenvalue weighted by molar-refractivity contribution is 5.94. The number of hydrogen-bond donors (Lipinski definition) is 2. The van der Waals surface area contributed by atoms with E-state index in [0.29, 0.717) is 0 Å². The molecule has 23 heavy (non-hydrogen) atoms. The number of nitrogens with one attached hydrogen (secondary N) is 1. The maximum Gasteiger partial charge on any atom is 0.231 e. The van der Waals surface area contributed by atoms with Crippen molar-refractivity contribution < 1.29 is 9.90 Å². The van der Waals surface area contributed by atoms with Gasteiger partial charge in [-0.3, -0.25) is 4.79 Å². The fraction of sp³-hybridized carbons (Fsp3) is 0.650. The molecule has 1 amide bonds. The summed E-state index contributed by atoms with van der Waals surface area (Å²) in [6.07, 6.45) is 9.83. The van der Waals surface area contributed by atoms with Crippen LogP contribution in [0.2, 0.25) is 0 Å². The molecule has 2 N–H and O–H groups in total. The van der Waals surface area contributed by atoms with Crippen molar-refractivity contribution in [1.82, 2.24) is 5.32 Å². The van der Waals surface area contributed by atoms with Gasteiger partial charge in [-0.2, -0.15) is 0 Å². The van der Waals surface area contributed by atoms with Gasteiger partial charge in [-0.15, -0.1) is 0 Å². The Labute approximate surface area is 138 Å². The zero-order valence-corrected chi connectivity index (χ0v) is 13.8. The largest absolute Gasteiger partial charge is 0.394 e. The van der Waals surface area contributed by atoms with Gasteiger partial charge in [0.05, 0.1) is 17.6 Å². The molecule has 0 radical (unpaired) electrons. The van der Waals surface area contributed by atoms with E-state index in [1.54, 1.807) is 0 Å². The summed E-state index contributed by atoms with van der Waals surface area (Å²) >= 11 is 0. The fourth-order valence-electron chi connectivity index (χ4n) is 5.42. The quantitative estimate of drug-likeness (QED) is 0.896. The van der Waals surface area contributed by atoms with Crippen LogP contribution in [0, 0.1) is 5.41 Å². The van der Waals surface area contributed by atoms with Gasteiger partial charge in [0.25, 0.3) is 0 Å². The smallest absolute Gasteiger partial charge is 0.231 e. The lowest BCUT2D eigenvalue weighted by Crippen LogP contribution is -2.53. The number of aliphatic hydroxyl groups is 1. The highest BCUT2D eigenvalue weighted by Crippen LogP contribution is 2.72. The van der Waals surface area contributed by atoms with E-state index in [4.69, 9.17) is 0 Å². The molecule has 1 aromatic carbocycles. The first-order valence-electron chi connectivity index (χ1n) is 9.16. The van der Waals surface area contributed by atoms with Crippen LogP contribution in [0.4, 0.5) is 0 Å². The molecule has 124 valence electrons. The Morgan fingerprint density at radius 3 is 2.22 bits per heavy atom. The predicted octanol–water partition coefficient (Wildman–Crippen LogP) is 3.31. The minimum atomic E-state index is -0.374. The van der Waals surface area contributed by atoms with Crippen molar-refractivity contribution in [3.05, 3.63) is 35.9 Å². The van der Waals surface area contributed by atoms with Crippen molar-refractivity contribution in [2.45, 2.75) is 68.7 Å². The average Bonchev–Trinajstić information content (AvgIpc) is 2.91. The van der Waals surface area contributed by atoms with Crippen LogP contribution in [0.5, 0.6) is 0 Å². The van der Waals surface area contributed by atoms with Crippen molar-refractivity contribution in [3.63, 3.8) is 0 Å². The van der Waals surface area contributed by atoms with Gasteiger partial charge in [0.2, 0.25) is 5.91 Å². The number of rotatable bonds is 4. The van der Waals surface area contributed by atoms with E-state index in [1.807, 2.05) is 18.2 Å². The van der Waals surface area contributed by atoms with Crippen LogP contribution in [0.3, 0.4) is 0 Å². The molecule has 3 saturated carbocycles. The Hall–Kier alpha value is -1.35. The molecular formula is C20H27NO2. The van der Waals surface area contributed by atoms with Crippen LogP contribution in [-0.2, 0) is 10.2 Å². The van der Waals surface area contributed by atoms with Crippen LogP contribution in [0.1, 0.15) is 63.4 Å². The van der Waals surface area contributed by atoms with Gasteiger partial charge in [-0.25, -0.2) is 0 Å². The van der Waals surface area contributed by atoms with E-state index in [2.05, 4.69) is 17.4 Å². The maximum atomic E-state index is 13.4. The van der Waals surface area contributed by atoms with Crippen molar-refractivity contribution >= 4 is 5.91 Å². The molecule has 0 aliphatic heterocycles. The van der Waals surface area contributed by atoms with E-state index < -0.39 is 0 Å². The first-order valence-corrected chi connectivity index (χ1v) is 9.16. The molecule has 0 bridgehead atoms. The van der Waals surface area contributed by atoms with Crippen molar-refractivity contribution in [2.75, 3.05) is 6.61 Å². The van der Waals surface area contributed by atoms with Gasteiger partial charge < -0.3 is 10.4 Å². The molecule has 3 fully saturated rings. The number of benzene rings is 1. The number of carbonyl (C=O) groups is 1. The predicted molar refractivity (Wildman–Crippen MR) is 90.1 cm³/mol. The van der Waals surface area contributed by atoms with Gasteiger partial charge in [0.15, 0.2) is 0 Å².